The monoisotopic (exact) mass is 330 g/mol. The Morgan fingerprint density at radius 2 is 1.88 bits per heavy atom. The second kappa shape index (κ2) is 5.69. The van der Waals surface area contributed by atoms with Crippen molar-refractivity contribution in [2.45, 2.75) is 77.0 Å². The molecule has 0 amide bonds. The van der Waals surface area contributed by atoms with Gasteiger partial charge in [0.1, 0.15) is 0 Å². The van der Waals surface area contributed by atoms with E-state index >= 15 is 0 Å². The Kier molecular flexibility index (Phi) is 3.98. The average molecular weight is 331 g/mol. The summed E-state index contributed by atoms with van der Waals surface area (Å²) in [5, 5.41) is 17.4. The van der Waals surface area contributed by atoms with Gasteiger partial charge in [0.25, 0.3) is 0 Å². The van der Waals surface area contributed by atoms with Crippen molar-refractivity contribution in [1.82, 2.24) is 10.6 Å². The minimum atomic E-state index is -0.235. The smallest absolute Gasteiger partial charge is 0.0724 e. The third kappa shape index (κ3) is 2.14. The van der Waals surface area contributed by atoms with E-state index in [0.717, 1.165) is 25.2 Å². The lowest BCUT2D eigenvalue weighted by atomic mass is 9.53. The van der Waals surface area contributed by atoms with Crippen LogP contribution >= 0.6 is 0 Å². The fourth-order valence-electron chi connectivity index (χ4n) is 6.69. The lowest BCUT2D eigenvalue weighted by Gasteiger charge is -2.54. The van der Waals surface area contributed by atoms with Gasteiger partial charge < -0.3 is 15.7 Å². The fourth-order valence-corrected chi connectivity index (χ4v) is 6.69. The number of aliphatic hydroxyl groups excluding tert-OH is 1. The Bertz CT molecular complexity index is 595. The van der Waals surface area contributed by atoms with Crippen molar-refractivity contribution in [1.29, 1.82) is 0 Å². The van der Waals surface area contributed by atoms with Gasteiger partial charge in [-0.3, -0.25) is 0 Å². The first-order valence-corrected chi connectivity index (χ1v) is 9.91. The minimum Gasteiger partial charge on any atom is -0.389 e. The van der Waals surface area contributed by atoms with Crippen molar-refractivity contribution in [3.8, 4) is 0 Å². The summed E-state index contributed by atoms with van der Waals surface area (Å²) < 4.78 is 0. The van der Waals surface area contributed by atoms with E-state index < -0.39 is 0 Å². The van der Waals surface area contributed by atoms with Gasteiger partial charge in [-0.25, -0.2) is 0 Å². The van der Waals surface area contributed by atoms with Gasteiger partial charge in [-0.1, -0.05) is 31.1 Å². The van der Waals surface area contributed by atoms with Gasteiger partial charge >= 0.3 is 0 Å². The molecule has 0 saturated heterocycles. The fraction of sp³-hybridized carbons (Fsp3) is 0.810. The molecular formula is C21H34N2O. The molecule has 3 unspecified atom stereocenters. The Balaban J connectivity index is 1.82. The standard InChI is InChI=1S/C21H34N2O/c1-20-9-7-14(24)11-13(20)12-17(22-3)19-15-5-6-18(23-4)21(15,2)10-8-16(19)20/h11,14-15,17-18,22-24H,5-10,12H2,1-4H3/t14?,15-,17?,18?,20-,21-/m0/s1. The molecule has 1 fully saturated rings. The van der Waals surface area contributed by atoms with E-state index in [1.807, 2.05) is 0 Å². The summed E-state index contributed by atoms with van der Waals surface area (Å²) >= 11 is 0. The van der Waals surface area contributed by atoms with Crippen LogP contribution in [0.1, 0.15) is 58.8 Å². The molecule has 3 heteroatoms. The number of likely N-dealkylation sites (N-methyl/N-ethyl adjacent to an activating group) is 1. The van der Waals surface area contributed by atoms with Gasteiger partial charge in [-0.2, -0.15) is 0 Å². The molecule has 3 N–H and O–H groups in total. The zero-order valence-corrected chi connectivity index (χ0v) is 15.8. The first-order valence-electron chi connectivity index (χ1n) is 9.91. The molecule has 4 rings (SSSR count). The normalized spacial score (nSPS) is 47.8. The van der Waals surface area contributed by atoms with E-state index in [1.165, 1.54) is 31.3 Å². The number of fused-ring (bicyclic) bond motifs is 4. The second-order valence-corrected chi connectivity index (χ2v) is 9.09. The molecule has 4 aliphatic carbocycles. The van der Waals surface area contributed by atoms with Crippen LogP contribution in [0, 0.1) is 16.7 Å². The summed E-state index contributed by atoms with van der Waals surface area (Å²) in [4.78, 5) is 0. The van der Waals surface area contributed by atoms with Crippen LogP contribution in [0.5, 0.6) is 0 Å². The van der Waals surface area contributed by atoms with Crippen molar-refractivity contribution in [2.24, 2.45) is 16.7 Å². The maximum Gasteiger partial charge on any atom is 0.0724 e. The summed E-state index contributed by atoms with van der Waals surface area (Å²) in [6.07, 6.45) is 10.3. The zero-order valence-electron chi connectivity index (χ0n) is 15.8. The topological polar surface area (TPSA) is 44.3 Å². The Morgan fingerprint density at radius 3 is 2.58 bits per heavy atom. The lowest BCUT2D eigenvalue weighted by molar-refractivity contribution is 0.137. The van der Waals surface area contributed by atoms with Gasteiger partial charge in [0.2, 0.25) is 0 Å². The van der Waals surface area contributed by atoms with E-state index in [-0.39, 0.29) is 11.5 Å². The van der Waals surface area contributed by atoms with Crippen molar-refractivity contribution in [2.75, 3.05) is 14.1 Å². The summed E-state index contributed by atoms with van der Waals surface area (Å²) in [6.45, 7) is 4.99. The third-order valence-corrected chi connectivity index (χ3v) is 8.18. The number of nitrogens with one attached hydrogen (secondary N) is 2. The van der Waals surface area contributed by atoms with E-state index in [2.05, 4.69) is 44.7 Å². The quantitative estimate of drug-likeness (QED) is 0.682. The highest BCUT2D eigenvalue weighted by Crippen LogP contribution is 2.62. The van der Waals surface area contributed by atoms with Crippen molar-refractivity contribution in [3.05, 3.63) is 22.8 Å². The summed E-state index contributed by atoms with van der Waals surface area (Å²) in [7, 11) is 4.26. The number of hydrogen-bond donors (Lipinski definition) is 3. The first kappa shape index (κ1) is 16.8. The third-order valence-electron chi connectivity index (χ3n) is 8.18. The lowest BCUT2D eigenvalue weighted by Crippen LogP contribution is -2.50. The highest BCUT2D eigenvalue weighted by molar-refractivity contribution is 5.46. The predicted molar refractivity (Wildman–Crippen MR) is 98.8 cm³/mol. The van der Waals surface area contributed by atoms with Gasteiger partial charge in [0.15, 0.2) is 0 Å². The van der Waals surface area contributed by atoms with Crippen LogP contribution in [0.25, 0.3) is 0 Å². The Labute approximate surface area is 147 Å². The molecule has 0 aromatic heterocycles. The maximum atomic E-state index is 10.2. The number of hydrogen-bond acceptors (Lipinski definition) is 3. The molecule has 0 aliphatic heterocycles. The molecule has 0 aromatic rings. The molecule has 0 heterocycles. The molecule has 0 aromatic carbocycles. The van der Waals surface area contributed by atoms with Crippen LogP contribution in [0.2, 0.25) is 0 Å². The van der Waals surface area contributed by atoms with Crippen LogP contribution in [0.3, 0.4) is 0 Å². The van der Waals surface area contributed by atoms with Gasteiger partial charge in [-0.05, 0) is 75.9 Å². The minimum absolute atomic E-state index is 0.209. The van der Waals surface area contributed by atoms with Crippen molar-refractivity contribution in [3.63, 3.8) is 0 Å². The summed E-state index contributed by atoms with van der Waals surface area (Å²) in [5.41, 5.74) is 5.59. The predicted octanol–water partition coefficient (Wildman–Crippen LogP) is 3.16. The molecule has 1 saturated carbocycles. The molecule has 0 spiro atoms. The average Bonchev–Trinajstić information content (AvgIpc) is 2.91. The van der Waals surface area contributed by atoms with Gasteiger partial charge in [0, 0.05) is 17.5 Å². The molecule has 6 atom stereocenters. The summed E-state index contributed by atoms with van der Waals surface area (Å²) in [5.74, 6) is 0.723. The van der Waals surface area contributed by atoms with E-state index in [1.54, 1.807) is 11.1 Å². The van der Waals surface area contributed by atoms with Gasteiger partial charge in [-0.15, -0.1) is 0 Å². The van der Waals surface area contributed by atoms with Crippen LogP contribution in [0.4, 0.5) is 0 Å². The largest absolute Gasteiger partial charge is 0.389 e. The number of aliphatic hydroxyl groups is 1. The first-order chi connectivity index (χ1) is 11.4. The SMILES string of the molecule is CNC1CC2=CC(O)CC[C@]2(C)C2=C1[C@@H]1CCC(NC)[C@@]1(C)CC2. The molecular weight excluding hydrogens is 296 g/mol. The maximum absolute atomic E-state index is 10.2. The van der Waals surface area contributed by atoms with Crippen LogP contribution in [-0.4, -0.2) is 37.4 Å². The van der Waals surface area contributed by atoms with E-state index in [9.17, 15) is 5.11 Å². The number of allylic oxidation sites excluding steroid dienone is 1. The summed E-state index contributed by atoms with van der Waals surface area (Å²) in [6, 6.07) is 1.12. The van der Waals surface area contributed by atoms with Crippen LogP contribution in [-0.2, 0) is 0 Å². The van der Waals surface area contributed by atoms with Crippen molar-refractivity contribution < 1.29 is 5.11 Å². The molecule has 0 radical (unpaired) electrons. The molecule has 4 aliphatic rings. The zero-order chi connectivity index (χ0) is 17.1. The molecule has 24 heavy (non-hydrogen) atoms. The van der Waals surface area contributed by atoms with Crippen LogP contribution in [0.15, 0.2) is 22.8 Å². The Hall–Kier alpha value is -0.640. The van der Waals surface area contributed by atoms with Gasteiger partial charge in [0.05, 0.1) is 6.10 Å². The molecule has 134 valence electrons. The highest BCUT2D eigenvalue weighted by Gasteiger charge is 2.55. The van der Waals surface area contributed by atoms with E-state index in [0.29, 0.717) is 17.5 Å². The highest BCUT2D eigenvalue weighted by atomic mass is 16.3. The second-order valence-electron chi connectivity index (χ2n) is 9.09. The number of rotatable bonds is 2. The molecule has 3 nitrogen and oxygen atoms in total. The van der Waals surface area contributed by atoms with Crippen LogP contribution < -0.4 is 10.6 Å². The van der Waals surface area contributed by atoms with E-state index in [4.69, 9.17) is 0 Å². The Morgan fingerprint density at radius 1 is 1.08 bits per heavy atom. The van der Waals surface area contributed by atoms with Crippen molar-refractivity contribution >= 4 is 0 Å². The molecule has 0 bridgehead atoms.